The van der Waals surface area contributed by atoms with Gasteiger partial charge in [-0.3, -0.25) is 0 Å². The summed E-state index contributed by atoms with van der Waals surface area (Å²) in [6.07, 6.45) is 4.21. The zero-order valence-corrected chi connectivity index (χ0v) is 9.34. The summed E-state index contributed by atoms with van der Waals surface area (Å²) in [6, 6.07) is 0. The van der Waals surface area contributed by atoms with E-state index in [4.69, 9.17) is 0 Å². The number of halogens is 1. The van der Waals surface area contributed by atoms with Crippen LogP contribution in [0.2, 0.25) is 19.6 Å². The van der Waals surface area contributed by atoms with Gasteiger partial charge in [-0.25, -0.2) is 0 Å². The average molecular weight is 252 g/mol. The van der Waals surface area contributed by atoms with Crippen molar-refractivity contribution in [2.75, 3.05) is 0 Å². The van der Waals surface area contributed by atoms with Crippen molar-refractivity contribution in [3.05, 3.63) is 21.9 Å². The van der Waals surface area contributed by atoms with E-state index in [-0.39, 0.29) is 0 Å². The van der Waals surface area contributed by atoms with Gasteiger partial charge in [0.25, 0.3) is 0 Å². The van der Waals surface area contributed by atoms with Crippen LogP contribution >= 0.6 is 22.6 Å². The Bertz CT molecular complexity index is 119. The third-order valence-electron chi connectivity index (χ3n) is 0.780. The van der Waals surface area contributed by atoms with E-state index in [2.05, 4.69) is 60.1 Å². The van der Waals surface area contributed by atoms with Crippen LogP contribution in [0.1, 0.15) is 0 Å². The Morgan fingerprint density at radius 3 is 2.00 bits per heavy atom. The molecule has 0 N–H and O–H groups in total. The molecule has 0 aliphatic carbocycles. The van der Waals surface area contributed by atoms with Gasteiger partial charge in [-0.15, -0.1) is 0 Å². The van der Waals surface area contributed by atoms with Gasteiger partial charge in [0.05, 0.1) is 8.07 Å². The van der Waals surface area contributed by atoms with Gasteiger partial charge < -0.3 is 0 Å². The molecule has 0 spiro atoms. The lowest BCUT2D eigenvalue weighted by Crippen LogP contribution is -2.14. The molecule has 0 aliphatic heterocycles. The average Bonchev–Trinajstić information content (AvgIpc) is 1.63. The van der Waals surface area contributed by atoms with Crippen molar-refractivity contribution in [3.8, 4) is 0 Å². The van der Waals surface area contributed by atoms with Crippen molar-refractivity contribution >= 4 is 30.7 Å². The maximum atomic E-state index is 2.32. The van der Waals surface area contributed by atoms with Gasteiger partial charge in [0.15, 0.2) is 0 Å². The molecule has 9 heavy (non-hydrogen) atoms. The summed E-state index contributed by atoms with van der Waals surface area (Å²) in [5.41, 5.74) is 2.32. The second-order valence-corrected chi connectivity index (χ2v) is 8.83. The molecule has 0 unspecified atom stereocenters. The monoisotopic (exact) mass is 252 g/mol. The summed E-state index contributed by atoms with van der Waals surface area (Å²) in [4.78, 5) is 0. The quantitative estimate of drug-likeness (QED) is 0.401. The molecule has 0 atom stereocenters. The Kier molecular flexibility index (Phi) is 4.48. The van der Waals surface area contributed by atoms with Crippen molar-refractivity contribution in [1.29, 1.82) is 0 Å². The van der Waals surface area contributed by atoms with Crippen molar-refractivity contribution in [2.45, 2.75) is 19.6 Å². The van der Waals surface area contributed by atoms with E-state index in [1.807, 2.05) is 4.08 Å². The molecule has 0 nitrogen and oxygen atoms in total. The molecule has 0 amide bonds. The molecule has 0 aliphatic rings. The molecule has 0 saturated carbocycles. The normalized spacial score (nSPS) is 13.8. The minimum Gasteiger partial charge on any atom is -0.0950 e. The first-order valence-corrected chi connectivity index (χ1v) is 7.83. The Hall–Kier alpha value is 0.427. The van der Waals surface area contributed by atoms with E-state index in [1.54, 1.807) is 0 Å². The highest BCUT2D eigenvalue weighted by Crippen LogP contribution is 2.01. The first-order valence-electron chi connectivity index (χ1n) is 3.01. The summed E-state index contributed by atoms with van der Waals surface area (Å²) in [6.45, 7) is 6.97. The Morgan fingerprint density at radius 1 is 1.11 bits per heavy atom. The smallest absolute Gasteiger partial charge is 0.0687 e. The predicted molar refractivity (Wildman–Crippen MR) is 55.6 cm³/mol. The molecule has 0 aromatic heterocycles. The van der Waals surface area contributed by atoms with Crippen molar-refractivity contribution in [2.24, 2.45) is 0 Å². The Balaban J connectivity index is 3.71. The zero-order chi connectivity index (χ0) is 7.33. The van der Waals surface area contributed by atoms with Gasteiger partial charge in [-0.05, 0) is 4.08 Å². The molecule has 2 heteroatoms. The standard InChI is InChI=1S/C7H13ISi/c1-9(2,3)7-5-4-6-8/h4-7H,1-3H3/b6-4+,7-5+. The first-order chi connectivity index (χ1) is 4.06. The fourth-order valence-corrected chi connectivity index (χ4v) is 1.31. The molecular formula is C7H13ISi. The third-order valence-corrected chi connectivity index (χ3v) is 2.39. The first kappa shape index (κ1) is 9.43. The van der Waals surface area contributed by atoms with E-state index in [9.17, 15) is 0 Å². The number of rotatable bonds is 2. The van der Waals surface area contributed by atoms with E-state index in [1.165, 1.54) is 0 Å². The van der Waals surface area contributed by atoms with Gasteiger partial charge >= 0.3 is 0 Å². The maximum Gasteiger partial charge on any atom is 0.0687 e. The highest BCUT2D eigenvalue weighted by Gasteiger charge is 2.05. The van der Waals surface area contributed by atoms with Crippen LogP contribution in [0.5, 0.6) is 0 Å². The molecular weight excluding hydrogens is 239 g/mol. The molecule has 0 radical (unpaired) electrons. The van der Waals surface area contributed by atoms with Crippen LogP contribution in [0.3, 0.4) is 0 Å². The van der Waals surface area contributed by atoms with Crippen molar-refractivity contribution in [3.63, 3.8) is 0 Å². The SMILES string of the molecule is C[Si](C)(C)/C=C/C=C/I. The molecule has 0 saturated heterocycles. The lowest BCUT2D eigenvalue weighted by atomic mass is 10.6. The number of allylic oxidation sites excluding steroid dienone is 2. The van der Waals surface area contributed by atoms with Crippen LogP contribution in [0.25, 0.3) is 0 Å². The largest absolute Gasteiger partial charge is 0.0950 e. The van der Waals surface area contributed by atoms with Crippen molar-refractivity contribution < 1.29 is 0 Å². The molecule has 0 bridgehead atoms. The topological polar surface area (TPSA) is 0 Å². The second-order valence-electron chi connectivity index (χ2n) is 3.04. The highest BCUT2D eigenvalue weighted by molar-refractivity contribution is 14.1. The van der Waals surface area contributed by atoms with Gasteiger partial charge in [-0.2, -0.15) is 0 Å². The maximum absolute atomic E-state index is 2.32. The van der Waals surface area contributed by atoms with Crippen LogP contribution in [0.15, 0.2) is 21.9 Å². The molecule has 52 valence electrons. The predicted octanol–water partition coefficient (Wildman–Crippen LogP) is 3.37. The van der Waals surface area contributed by atoms with E-state index in [0.29, 0.717) is 0 Å². The minimum atomic E-state index is -0.930. The molecule has 0 heterocycles. The molecule has 0 aromatic carbocycles. The molecule has 0 fully saturated rings. The third kappa shape index (κ3) is 8.43. The van der Waals surface area contributed by atoms with Crippen LogP contribution in [0.4, 0.5) is 0 Å². The van der Waals surface area contributed by atoms with Crippen LogP contribution in [-0.4, -0.2) is 8.07 Å². The number of hydrogen-bond donors (Lipinski definition) is 0. The van der Waals surface area contributed by atoms with E-state index >= 15 is 0 Å². The molecule has 0 aromatic rings. The highest BCUT2D eigenvalue weighted by atomic mass is 127. The summed E-state index contributed by atoms with van der Waals surface area (Å²) in [5.74, 6) is 0. The second kappa shape index (κ2) is 4.28. The number of hydrogen-bond acceptors (Lipinski definition) is 0. The Labute approximate surface area is 72.2 Å². The van der Waals surface area contributed by atoms with Crippen LogP contribution in [-0.2, 0) is 0 Å². The lowest BCUT2D eigenvalue weighted by Gasteiger charge is -2.06. The van der Waals surface area contributed by atoms with Crippen molar-refractivity contribution in [1.82, 2.24) is 0 Å². The van der Waals surface area contributed by atoms with Gasteiger partial charge in [-0.1, -0.05) is 60.1 Å². The van der Waals surface area contributed by atoms with E-state index in [0.717, 1.165) is 0 Å². The van der Waals surface area contributed by atoms with Gasteiger partial charge in [0.2, 0.25) is 0 Å². The van der Waals surface area contributed by atoms with E-state index < -0.39 is 8.07 Å². The Morgan fingerprint density at radius 2 is 1.67 bits per heavy atom. The summed E-state index contributed by atoms with van der Waals surface area (Å²) < 4.78 is 2.02. The zero-order valence-electron chi connectivity index (χ0n) is 6.19. The lowest BCUT2D eigenvalue weighted by molar-refractivity contribution is 1.76. The summed E-state index contributed by atoms with van der Waals surface area (Å²) in [7, 11) is -0.930. The minimum absolute atomic E-state index is 0.930. The summed E-state index contributed by atoms with van der Waals surface area (Å²) >= 11 is 2.22. The fraction of sp³-hybridized carbons (Fsp3) is 0.429. The molecule has 0 rings (SSSR count). The van der Waals surface area contributed by atoms with Gasteiger partial charge in [0.1, 0.15) is 0 Å². The summed E-state index contributed by atoms with van der Waals surface area (Å²) in [5, 5.41) is 0. The van der Waals surface area contributed by atoms with Crippen LogP contribution < -0.4 is 0 Å². The van der Waals surface area contributed by atoms with Gasteiger partial charge in [0, 0.05) is 0 Å². The van der Waals surface area contributed by atoms with Crippen LogP contribution in [0, 0.1) is 0 Å². The fourth-order valence-electron chi connectivity index (χ4n) is 0.386.